The zero-order valence-corrected chi connectivity index (χ0v) is 16.9. The first-order chi connectivity index (χ1) is 14.0. The fraction of sp³-hybridized carbons (Fsp3) is 0.115. The van der Waals surface area contributed by atoms with Crippen molar-refractivity contribution in [2.75, 3.05) is 0 Å². The molecule has 5 aromatic rings. The predicted molar refractivity (Wildman–Crippen MR) is 120 cm³/mol. The Kier molecular flexibility index (Phi) is 3.31. The first-order valence-electron chi connectivity index (χ1n) is 9.76. The molecule has 4 aromatic carbocycles. The van der Waals surface area contributed by atoms with Gasteiger partial charge >= 0.3 is 0 Å². The van der Waals surface area contributed by atoms with Crippen molar-refractivity contribution in [2.45, 2.75) is 19.3 Å². The van der Waals surface area contributed by atoms with Gasteiger partial charge in [-0.15, -0.1) is 0 Å². The average molecular weight is 396 g/mol. The van der Waals surface area contributed by atoms with Gasteiger partial charge in [-0.1, -0.05) is 67.9 Å². The first-order valence-corrected chi connectivity index (χ1v) is 10.1. The van der Waals surface area contributed by atoms with E-state index in [1.54, 1.807) is 0 Å². The molecule has 0 aliphatic heterocycles. The maximum absolute atomic E-state index is 6.40. The lowest BCUT2D eigenvalue weighted by molar-refractivity contribution is 0.623. The van der Waals surface area contributed by atoms with Crippen LogP contribution in [0, 0.1) is 0 Å². The van der Waals surface area contributed by atoms with Crippen LogP contribution in [0.1, 0.15) is 25.0 Å². The smallest absolute Gasteiger partial charge is 0.227 e. The summed E-state index contributed by atoms with van der Waals surface area (Å²) in [4.78, 5) is 4.78. The molecule has 0 N–H and O–H groups in total. The van der Waals surface area contributed by atoms with Crippen LogP contribution in [0.4, 0.5) is 0 Å². The lowest BCUT2D eigenvalue weighted by atomic mass is 9.82. The quantitative estimate of drug-likeness (QED) is 0.292. The van der Waals surface area contributed by atoms with Crippen LogP contribution in [-0.2, 0) is 5.41 Å². The number of hydrogen-bond donors (Lipinski definition) is 0. The Labute approximate surface area is 173 Å². The summed E-state index contributed by atoms with van der Waals surface area (Å²) in [7, 11) is 0. The highest BCUT2D eigenvalue weighted by Gasteiger charge is 2.37. The average Bonchev–Trinajstić information content (AvgIpc) is 3.26. The van der Waals surface area contributed by atoms with E-state index < -0.39 is 0 Å². The van der Waals surface area contributed by atoms with Crippen molar-refractivity contribution in [2.24, 2.45) is 0 Å². The Morgan fingerprint density at radius 3 is 2.45 bits per heavy atom. The van der Waals surface area contributed by atoms with Crippen molar-refractivity contribution in [3.05, 3.63) is 88.9 Å². The molecule has 6 rings (SSSR count). The topological polar surface area (TPSA) is 26.0 Å². The largest absolute Gasteiger partial charge is 0.435 e. The molecule has 0 saturated heterocycles. The van der Waals surface area contributed by atoms with Gasteiger partial charge in [0.25, 0.3) is 0 Å². The fourth-order valence-electron chi connectivity index (χ4n) is 4.71. The maximum Gasteiger partial charge on any atom is 0.227 e. The second kappa shape index (κ2) is 5.71. The van der Waals surface area contributed by atoms with E-state index in [9.17, 15) is 0 Å². The van der Waals surface area contributed by atoms with E-state index in [1.807, 2.05) is 42.5 Å². The fourth-order valence-corrected chi connectivity index (χ4v) is 4.89. The molecule has 1 aliphatic rings. The van der Waals surface area contributed by atoms with Crippen LogP contribution in [0.15, 0.2) is 77.2 Å². The standard InChI is InChI=1S/C26H18ClNO/c1-26(2)19-12-10-17(27)14-18(19)23-20(26)11-8-15-9-13-21-24(22(15)23)29-25(28-21)16-6-4-3-5-7-16/h3-14H,1-2H3. The molecule has 0 spiro atoms. The zero-order valence-electron chi connectivity index (χ0n) is 16.2. The molecule has 0 saturated carbocycles. The first kappa shape index (κ1) is 16.8. The Hall–Kier alpha value is -3.10. The summed E-state index contributed by atoms with van der Waals surface area (Å²) in [5.41, 5.74) is 7.60. The Morgan fingerprint density at radius 2 is 1.62 bits per heavy atom. The Bertz CT molecular complexity index is 1430. The highest BCUT2D eigenvalue weighted by molar-refractivity contribution is 6.31. The molecule has 0 bridgehead atoms. The minimum absolute atomic E-state index is 0.0894. The van der Waals surface area contributed by atoms with Crippen LogP contribution in [0.5, 0.6) is 0 Å². The van der Waals surface area contributed by atoms with E-state index in [0.717, 1.165) is 32.5 Å². The number of benzene rings is 4. The van der Waals surface area contributed by atoms with Gasteiger partial charge in [0, 0.05) is 21.4 Å². The Morgan fingerprint density at radius 1 is 0.862 bits per heavy atom. The van der Waals surface area contributed by atoms with Gasteiger partial charge in [0.1, 0.15) is 5.52 Å². The van der Waals surface area contributed by atoms with E-state index >= 15 is 0 Å². The predicted octanol–water partition coefficient (Wildman–Crippen LogP) is 7.61. The van der Waals surface area contributed by atoms with Gasteiger partial charge in [0.15, 0.2) is 5.58 Å². The normalized spacial score (nSPS) is 14.3. The lowest BCUT2D eigenvalue weighted by Crippen LogP contribution is -2.14. The summed E-state index contributed by atoms with van der Waals surface area (Å²) < 4.78 is 6.36. The van der Waals surface area contributed by atoms with Crippen LogP contribution in [0.2, 0.25) is 5.02 Å². The molecular formula is C26H18ClNO. The molecule has 0 amide bonds. The summed E-state index contributed by atoms with van der Waals surface area (Å²) >= 11 is 6.40. The molecule has 3 heteroatoms. The molecule has 0 unspecified atom stereocenters. The van der Waals surface area contributed by atoms with Gasteiger partial charge < -0.3 is 4.42 Å². The van der Waals surface area contributed by atoms with E-state index in [-0.39, 0.29) is 5.41 Å². The third-order valence-corrected chi connectivity index (χ3v) is 6.39. The maximum atomic E-state index is 6.40. The van der Waals surface area contributed by atoms with Crippen LogP contribution < -0.4 is 0 Å². The monoisotopic (exact) mass is 395 g/mol. The minimum atomic E-state index is -0.0894. The number of hydrogen-bond acceptors (Lipinski definition) is 2. The summed E-state index contributed by atoms with van der Waals surface area (Å²) in [5.74, 6) is 0.647. The summed E-state index contributed by atoms with van der Waals surface area (Å²) in [6.07, 6.45) is 0. The second-order valence-electron chi connectivity index (χ2n) is 8.20. The van der Waals surface area contributed by atoms with E-state index in [4.69, 9.17) is 21.0 Å². The molecule has 140 valence electrons. The van der Waals surface area contributed by atoms with Crippen molar-refractivity contribution in [3.8, 4) is 22.6 Å². The molecule has 1 aromatic heterocycles. The van der Waals surface area contributed by atoms with Crippen LogP contribution >= 0.6 is 11.6 Å². The highest BCUT2D eigenvalue weighted by Crippen LogP contribution is 2.53. The summed E-state index contributed by atoms with van der Waals surface area (Å²) in [6.45, 7) is 4.54. The van der Waals surface area contributed by atoms with Crippen molar-refractivity contribution in [1.82, 2.24) is 4.98 Å². The van der Waals surface area contributed by atoms with Crippen molar-refractivity contribution in [1.29, 1.82) is 0 Å². The number of nitrogens with zero attached hydrogens (tertiary/aromatic N) is 1. The highest BCUT2D eigenvalue weighted by atomic mass is 35.5. The van der Waals surface area contributed by atoms with Gasteiger partial charge in [-0.2, -0.15) is 0 Å². The molecule has 0 fully saturated rings. The number of aromatic nitrogens is 1. The van der Waals surface area contributed by atoms with Gasteiger partial charge in [-0.3, -0.25) is 0 Å². The molecule has 0 atom stereocenters. The second-order valence-corrected chi connectivity index (χ2v) is 8.64. The minimum Gasteiger partial charge on any atom is -0.435 e. The van der Waals surface area contributed by atoms with Gasteiger partial charge in [0.05, 0.1) is 0 Å². The number of oxazole rings is 1. The Balaban J connectivity index is 1.75. The summed E-state index contributed by atoms with van der Waals surface area (Å²) in [6, 6.07) is 24.9. The van der Waals surface area contributed by atoms with Gasteiger partial charge in [0.2, 0.25) is 5.89 Å². The van der Waals surface area contributed by atoms with Crippen molar-refractivity contribution >= 4 is 33.5 Å². The zero-order chi connectivity index (χ0) is 19.8. The summed E-state index contributed by atoms with van der Waals surface area (Å²) in [5, 5.41) is 3.01. The van der Waals surface area contributed by atoms with Crippen molar-refractivity contribution in [3.63, 3.8) is 0 Å². The SMILES string of the molecule is CC1(C)c2ccc(Cl)cc2-c2c1ccc1ccc3nc(-c4ccccc4)oc3c21. The van der Waals surface area contributed by atoms with Crippen molar-refractivity contribution < 1.29 is 4.42 Å². The van der Waals surface area contributed by atoms with Crippen LogP contribution in [0.25, 0.3) is 44.5 Å². The van der Waals surface area contributed by atoms with E-state index in [1.165, 1.54) is 22.3 Å². The van der Waals surface area contributed by atoms with Crippen LogP contribution in [-0.4, -0.2) is 4.98 Å². The van der Waals surface area contributed by atoms with Gasteiger partial charge in [-0.25, -0.2) is 4.98 Å². The van der Waals surface area contributed by atoms with Gasteiger partial charge in [-0.05, 0) is 58.0 Å². The van der Waals surface area contributed by atoms with Crippen LogP contribution in [0.3, 0.4) is 0 Å². The number of fused-ring (bicyclic) bond motifs is 7. The lowest BCUT2D eigenvalue weighted by Gasteiger charge is -2.21. The molecular weight excluding hydrogens is 378 g/mol. The molecule has 1 heterocycles. The molecule has 2 nitrogen and oxygen atoms in total. The third kappa shape index (κ3) is 2.27. The molecule has 1 aliphatic carbocycles. The third-order valence-electron chi connectivity index (χ3n) is 6.16. The molecule has 29 heavy (non-hydrogen) atoms. The van der Waals surface area contributed by atoms with E-state index in [0.29, 0.717) is 5.89 Å². The molecule has 0 radical (unpaired) electrons. The number of rotatable bonds is 1. The van der Waals surface area contributed by atoms with E-state index in [2.05, 4.69) is 44.2 Å². The number of halogens is 1.